The molecule has 1 aromatic carbocycles. The van der Waals surface area contributed by atoms with E-state index in [-0.39, 0.29) is 5.91 Å². The van der Waals surface area contributed by atoms with Crippen molar-refractivity contribution >= 4 is 11.6 Å². The maximum atomic E-state index is 11.4. The van der Waals surface area contributed by atoms with E-state index in [9.17, 15) is 4.79 Å². The minimum atomic E-state index is -0.181. The van der Waals surface area contributed by atoms with Crippen LogP contribution in [0.25, 0.3) is 0 Å². The Kier molecular flexibility index (Phi) is 3.52. The number of carbonyl (C=O) groups is 1. The molecule has 5 nitrogen and oxygen atoms in total. The molecule has 0 unspecified atom stereocenters. The maximum absolute atomic E-state index is 11.4. The predicted octanol–water partition coefficient (Wildman–Crippen LogP) is 1.80. The highest BCUT2D eigenvalue weighted by molar-refractivity contribution is 5.95. The summed E-state index contributed by atoms with van der Waals surface area (Å²) in [7, 11) is 1.57. The smallest absolute Gasteiger partial charge is 0.251 e. The summed E-state index contributed by atoms with van der Waals surface area (Å²) in [4.78, 5) is 11.4. The molecule has 0 spiro atoms. The minimum Gasteiger partial charge on any atom is -0.483 e. The first kappa shape index (κ1) is 12.0. The summed E-state index contributed by atoms with van der Waals surface area (Å²) in [6, 6.07) is 8.51. The molecule has 1 amide bonds. The van der Waals surface area contributed by atoms with Gasteiger partial charge in [0.15, 0.2) is 0 Å². The van der Waals surface area contributed by atoms with E-state index in [1.54, 1.807) is 37.6 Å². The standard InChI is InChI=1S/C13H14N2O3/c1-15-13(16)9-4-5-12(11(14)7-9)18-8-10-3-2-6-17-10/h2-7H,8,14H2,1H3,(H,15,16). The van der Waals surface area contributed by atoms with Crippen LogP contribution in [0.3, 0.4) is 0 Å². The van der Waals surface area contributed by atoms with Crippen LogP contribution in [0.2, 0.25) is 0 Å². The van der Waals surface area contributed by atoms with Gasteiger partial charge in [0.05, 0.1) is 12.0 Å². The van der Waals surface area contributed by atoms with Crippen LogP contribution < -0.4 is 15.8 Å². The van der Waals surface area contributed by atoms with Crippen LogP contribution >= 0.6 is 0 Å². The first-order valence-electron chi connectivity index (χ1n) is 5.47. The number of rotatable bonds is 4. The van der Waals surface area contributed by atoms with Crippen LogP contribution in [0.1, 0.15) is 16.1 Å². The number of hydrogen-bond donors (Lipinski definition) is 2. The lowest BCUT2D eigenvalue weighted by atomic mass is 10.2. The van der Waals surface area contributed by atoms with Gasteiger partial charge < -0.3 is 20.2 Å². The highest BCUT2D eigenvalue weighted by Crippen LogP contribution is 2.23. The fraction of sp³-hybridized carbons (Fsp3) is 0.154. The summed E-state index contributed by atoms with van der Waals surface area (Å²) in [5.41, 5.74) is 6.74. The van der Waals surface area contributed by atoms with Gasteiger partial charge in [-0.2, -0.15) is 0 Å². The number of nitrogens with two attached hydrogens (primary N) is 1. The number of ether oxygens (including phenoxy) is 1. The number of hydrogen-bond acceptors (Lipinski definition) is 4. The lowest BCUT2D eigenvalue weighted by Crippen LogP contribution is -2.17. The molecule has 1 aromatic heterocycles. The Morgan fingerprint density at radius 1 is 1.44 bits per heavy atom. The molecule has 2 rings (SSSR count). The Bertz CT molecular complexity index is 535. The SMILES string of the molecule is CNC(=O)c1ccc(OCc2ccco2)c(N)c1. The van der Waals surface area contributed by atoms with E-state index in [4.69, 9.17) is 14.9 Å². The van der Waals surface area contributed by atoms with Crippen LogP contribution in [0.4, 0.5) is 5.69 Å². The molecule has 0 aliphatic carbocycles. The molecule has 0 bridgehead atoms. The van der Waals surface area contributed by atoms with E-state index in [0.29, 0.717) is 29.4 Å². The Labute approximate surface area is 105 Å². The molecule has 0 aliphatic heterocycles. The first-order valence-corrected chi connectivity index (χ1v) is 5.47. The predicted molar refractivity (Wildman–Crippen MR) is 67.3 cm³/mol. The highest BCUT2D eigenvalue weighted by Gasteiger charge is 2.07. The van der Waals surface area contributed by atoms with E-state index >= 15 is 0 Å². The van der Waals surface area contributed by atoms with Crippen molar-refractivity contribution in [2.24, 2.45) is 0 Å². The molecule has 0 fully saturated rings. The topological polar surface area (TPSA) is 77.5 Å². The van der Waals surface area contributed by atoms with Crippen molar-refractivity contribution < 1.29 is 13.9 Å². The highest BCUT2D eigenvalue weighted by atomic mass is 16.5. The Balaban J connectivity index is 2.08. The normalized spacial score (nSPS) is 10.1. The molecule has 1 heterocycles. The zero-order valence-electron chi connectivity index (χ0n) is 9.97. The number of carbonyl (C=O) groups excluding carboxylic acids is 1. The van der Waals surface area contributed by atoms with E-state index in [1.165, 1.54) is 0 Å². The molecule has 3 N–H and O–H groups in total. The summed E-state index contributed by atoms with van der Waals surface area (Å²) in [5, 5.41) is 2.53. The van der Waals surface area contributed by atoms with Gasteiger partial charge in [0.2, 0.25) is 0 Å². The lowest BCUT2D eigenvalue weighted by molar-refractivity contribution is 0.0963. The average Bonchev–Trinajstić information content (AvgIpc) is 2.89. The van der Waals surface area contributed by atoms with Gasteiger partial charge in [-0.3, -0.25) is 4.79 Å². The summed E-state index contributed by atoms with van der Waals surface area (Å²) < 4.78 is 10.6. The van der Waals surface area contributed by atoms with Crippen LogP contribution in [-0.4, -0.2) is 13.0 Å². The van der Waals surface area contributed by atoms with Crippen LogP contribution in [0, 0.1) is 0 Å². The third-order valence-corrected chi connectivity index (χ3v) is 2.45. The zero-order chi connectivity index (χ0) is 13.0. The van der Waals surface area contributed by atoms with Crippen molar-refractivity contribution in [3.05, 3.63) is 47.9 Å². The van der Waals surface area contributed by atoms with Crippen molar-refractivity contribution in [1.82, 2.24) is 5.32 Å². The van der Waals surface area contributed by atoms with Gasteiger partial charge in [-0.25, -0.2) is 0 Å². The van der Waals surface area contributed by atoms with Gasteiger partial charge in [0, 0.05) is 12.6 Å². The van der Waals surface area contributed by atoms with Crippen LogP contribution in [0.5, 0.6) is 5.75 Å². The molecule has 0 aliphatic rings. The fourth-order valence-electron chi connectivity index (χ4n) is 1.51. The second kappa shape index (κ2) is 5.27. The van der Waals surface area contributed by atoms with Gasteiger partial charge >= 0.3 is 0 Å². The van der Waals surface area contributed by atoms with Crippen LogP contribution in [-0.2, 0) is 6.61 Å². The van der Waals surface area contributed by atoms with Crippen molar-refractivity contribution in [2.75, 3.05) is 12.8 Å². The quantitative estimate of drug-likeness (QED) is 0.806. The van der Waals surface area contributed by atoms with Crippen molar-refractivity contribution in [2.45, 2.75) is 6.61 Å². The van der Waals surface area contributed by atoms with Crippen molar-refractivity contribution in [1.29, 1.82) is 0 Å². The van der Waals surface area contributed by atoms with Gasteiger partial charge in [0.25, 0.3) is 5.91 Å². The molecule has 0 radical (unpaired) electrons. The van der Waals surface area contributed by atoms with Gasteiger partial charge in [-0.05, 0) is 30.3 Å². The molecule has 94 valence electrons. The van der Waals surface area contributed by atoms with Gasteiger partial charge in [-0.15, -0.1) is 0 Å². The Morgan fingerprint density at radius 3 is 2.89 bits per heavy atom. The fourth-order valence-corrected chi connectivity index (χ4v) is 1.51. The summed E-state index contributed by atoms with van der Waals surface area (Å²) >= 11 is 0. The number of anilines is 1. The Hall–Kier alpha value is -2.43. The summed E-state index contributed by atoms with van der Waals surface area (Å²) in [5.74, 6) is 1.06. The van der Waals surface area contributed by atoms with E-state index in [0.717, 1.165) is 0 Å². The third-order valence-electron chi connectivity index (χ3n) is 2.45. The lowest BCUT2D eigenvalue weighted by Gasteiger charge is -2.08. The van der Waals surface area contributed by atoms with Crippen LogP contribution in [0.15, 0.2) is 41.0 Å². The number of furan rings is 1. The third kappa shape index (κ3) is 2.63. The summed E-state index contributed by atoms with van der Waals surface area (Å²) in [6.45, 7) is 0.302. The minimum absolute atomic E-state index is 0.181. The largest absolute Gasteiger partial charge is 0.483 e. The zero-order valence-corrected chi connectivity index (χ0v) is 9.97. The Morgan fingerprint density at radius 2 is 2.28 bits per heavy atom. The average molecular weight is 246 g/mol. The molecule has 18 heavy (non-hydrogen) atoms. The molecular formula is C13H14N2O3. The van der Waals surface area contributed by atoms with E-state index in [1.807, 2.05) is 6.07 Å². The second-order valence-electron chi connectivity index (χ2n) is 3.70. The monoisotopic (exact) mass is 246 g/mol. The van der Waals surface area contributed by atoms with Crippen molar-refractivity contribution in [3.63, 3.8) is 0 Å². The summed E-state index contributed by atoms with van der Waals surface area (Å²) in [6.07, 6.45) is 1.58. The molecule has 5 heteroatoms. The molecule has 2 aromatic rings. The number of nitrogens with one attached hydrogen (secondary N) is 1. The molecule has 0 atom stereocenters. The van der Waals surface area contributed by atoms with E-state index < -0.39 is 0 Å². The molecule has 0 saturated heterocycles. The van der Waals surface area contributed by atoms with E-state index in [2.05, 4.69) is 5.32 Å². The number of nitrogen functional groups attached to an aromatic ring is 1. The number of amides is 1. The van der Waals surface area contributed by atoms with Gasteiger partial charge in [-0.1, -0.05) is 0 Å². The van der Waals surface area contributed by atoms with Gasteiger partial charge in [0.1, 0.15) is 18.1 Å². The molecular weight excluding hydrogens is 232 g/mol. The second-order valence-corrected chi connectivity index (χ2v) is 3.70. The molecule has 0 saturated carbocycles. The first-order chi connectivity index (χ1) is 8.70. The maximum Gasteiger partial charge on any atom is 0.251 e. The van der Waals surface area contributed by atoms with Crippen molar-refractivity contribution in [3.8, 4) is 5.75 Å². The number of benzene rings is 1.